The quantitative estimate of drug-likeness (QED) is 0.758. The number of aliphatic hydroxyl groups is 1. The largest absolute Gasteiger partial charge is 0.494 e. The molecule has 0 aliphatic rings. The maximum atomic E-state index is 9.76. The molecule has 0 radical (unpaired) electrons. The molecule has 74 valence electrons. The molecule has 1 aromatic carbocycles. The van der Waals surface area contributed by atoms with Crippen LogP contribution in [0.15, 0.2) is 24.4 Å². The molecule has 0 aliphatic heterocycles. The molecule has 1 aromatic heterocycles. The Morgan fingerprint density at radius 3 is 2.86 bits per heavy atom. The highest BCUT2D eigenvalue weighted by Crippen LogP contribution is 2.27. The number of aromatic hydroxyl groups is 1. The highest BCUT2D eigenvalue weighted by molar-refractivity contribution is 5.88. The van der Waals surface area contributed by atoms with Crippen LogP contribution in [0.4, 0.5) is 0 Å². The lowest BCUT2D eigenvalue weighted by molar-refractivity contribution is 0.268. The first-order valence-corrected chi connectivity index (χ1v) is 4.61. The number of nitrogens with zero attached hydrogens (tertiary/aromatic N) is 1. The van der Waals surface area contributed by atoms with Crippen molar-refractivity contribution in [2.75, 3.05) is 6.61 Å². The number of benzene rings is 1. The lowest BCUT2D eigenvalue weighted by atomic mass is 10.1. The SMILES string of the molecule is Cc1ccc2c(O)n(CCO)cc2c1. The first-order valence-electron chi connectivity index (χ1n) is 4.61. The third kappa shape index (κ3) is 1.36. The van der Waals surface area contributed by atoms with Crippen LogP contribution in [0, 0.1) is 6.92 Å². The number of rotatable bonds is 2. The van der Waals surface area contributed by atoms with Crippen molar-refractivity contribution in [3.63, 3.8) is 0 Å². The number of hydrogen-bond donors (Lipinski definition) is 2. The van der Waals surface area contributed by atoms with Crippen molar-refractivity contribution in [2.45, 2.75) is 13.5 Å². The van der Waals surface area contributed by atoms with Crippen molar-refractivity contribution in [3.05, 3.63) is 30.0 Å². The van der Waals surface area contributed by atoms with E-state index in [9.17, 15) is 5.11 Å². The van der Waals surface area contributed by atoms with E-state index in [1.807, 2.05) is 31.3 Å². The summed E-state index contributed by atoms with van der Waals surface area (Å²) in [6, 6.07) is 5.88. The van der Waals surface area contributed by atoms with Crippen molar-refractivity contribution < 1.29 is 10.2 Å². The average molecular weight is 191 g/mol. The fourth-order valence-electron chi connectivity index (χ4n) is 1.65. The van der Waals surface area contributed by atoms with Crippen LogP contribution in [-0.2, 0) is 6.54 Å². The number of fused-ring (bicyclic) bond motifs is 1. The predicted octanol–water partition coefficient (Wildman–Crippen LogP) is 1.65. The first-order chi connectivity index (χ1) is 6.72. The van der Waals surface area contributed by atoms with Gasteiger partial charge in [-0.25, -0.2) is 0 Å². The molecular weight excluding hydrogens is 178 g/mol. The van der Waals surface area contributed by atoms with Crippen LogP contribution in [0.3, 0.4) is 0 Å². The second kappa shape index (κ2) is 3.35. The highest BCUT2D eigenvalue weighted by atomic mass is 16.3. The van der Waals surface area contributed by atoms with Gasteiger partial charge in [0.1, 0.15) is 0 Å². The van der Waals surface area contributed by atoms with Crippen molar-refractivity contribution in [3.8, 4) is 5.88 Å². The molecule has 2 N–H and O–H groups in total. The van der Waals surface area contributed by atoms with E-state index in [0.717, 1.165) is 10.8 Å². The average Bonchev–Trinajstić information content (AvgIpc) is 2.44. The van der Waals surface area contributed by atoms with E-state index in [4.69, 9.17) is 5.11 Å². The van der Waals surface area contributed by atoms with E-state index in [1.165, 1.54) is 5.56 Å². The van der Waals surface area contributed by atoms with Crippen LogP contribution in [0.2, 0.25) is 0 Å². The fourth-order valence-corrected chi connectivity index (χ4v) is 1.65. The van der Waals surface area contributed by atoms with Crippen LogP contribution in [0.5, 0.6) is 5.88 Å². The van der Waals surface area contributed by atoms with Gasteiger partial charge in [0.05, 0.1) is 6.61 Å². The van der Waals surface area contributed by atoms with E-state index in [2.05, 4.69) is 0 Å². The Bertz CT molecular complexity index is 460. The standard InChI is InChI=1S/C11H13NO2/c1-8-2-3-10-9(6-8)7-12(4-5-13)11(10)14/h2-3,6-7,13-14H,4-5H2,1H3. The molecular formula is C11H13NO2. The molecule has 0 atom stereocenters. The maximum absolute atomic E-state index is 9.76. The van der Waals surface area contributed by atoms with Crippen LogP contribution < -0.4 is 0 Å². The third-order valence-electron chi connectivity index (χ3n) is 2.36. The zero-order chi connectivity index (χ0) is 10.1. The molecule has 0 bridgehead atoms. The van der Waals surface area contributed by atoms with Gasteiger partial charge in [-0.05, 0) is 19.1 Å². The van der Waals surface area contributed by atoms with E-state index >= 15 is 0 Å². The minimum Gasteiger partial charge on any atom is -0.494 e. The number of aliphatic hydroxyl groups excluding tert-OH is 1. The molecule has 0 unspecified atom stereocenters. The van der Waals surface area contributed by atoms with Gasteiger partial charge < -0.3 is 14.8 Å². The van der Waals surface area contributed by atoms with Gasteiger partial charge in [-0.15, -0.1) is 0 Å². The lowest BCUT2D eigenvalue weighted by Crippen LogP contribution is -1.98. The van der Waals surface area contributed by atoms with Gasteiger partial charge in [-0.2, -0.15) is 0 Å². The minimum atomic E-state index is 0.0352. The number of aryl methyl sites for hydroxylation is 1. The Hall–Kier alpha value is -1.48. The molecule has 2 rings (SSSR count). The molecule has 2 aromatic rings. The smallest absolute Gasteiger partial charge is 0.199 e. The van der Waals surface area contributed by atoms with Crippen LogP contribution in [0.1, 0.15) is 5.56 Å². The summed E-state index contributed by atoms with van der Waals surface area (Å²) in [6.45, 7) is 2.48. The molecule has 0 spiro atoms. The third-order valence-corrected chi connectivity index (χ3v) is 2.36. The maximum Gasteiger partial charge on any atom is 0.199 e. The second-order valence-electron chi connectivity index (χ2n) is 3.46. The molecule has 0 saturated carbocycles. The Kier molecular flexibility index (Phi) is 2.17. The molecule has 0 aliphatic carbocycles. The van der Waals surface area contributed by atoms with Gasteiger partial charge in [0.2, 0.25) is 0 Å². The van der Waals surface area contributed by atoms with E-state index in [-0.39, 0.29) is 12.5 Å². The number of hydrogen-bond acceptors (Lipinski definition) is 2. The zero-order valence-corrected chi connectivity index (χ0v) is 8.07. The van der Waals surface area contributed by atoms with Gasteiger partial charge in [-0.3, -0.25) is 0 Å². The van der Waals surface area contributed by atoms with E-state index in [1.54, 1.807) is 4.57 Å². The molecule has 3 nitrogen and oxygen atoms in total. The first kappa shape index (κ1) is 9.09. The lowest BCUT2D eigenvalue weighted by Gasteiger charge is -1.99. The van der Waals surface area contributed by atoms with Crippen molar-refractivity contribution in [1.82, 2.24) is 4.57 Å². The van der Waals surface area contributed by atoms with Crippen LogP contribution in [-0.4, -0.2) is 21.4 Å². The molecule has 0 saturated heterocycles. The summed E-state index contributed by atoms with van der Waals surface area (Å²) in [6.07, 6.45) is 1.86. The topological polar surface area (TPSA) is 45.4 Å². The highest BCUT2D eigenvalue weighted by Gasteiger charge is 2.06. The van der Waals surface area contributed by atoms with Gasteiger partial charge in [0.15, 0.2) is 5.88 Å². The summed E-state index contributed by atoms with van der Waals surface area (Å²) in [4.78, 5) is 0. The van der Waals surface area contributed by atoms with Crippen LogP contribution in [0.25, 0.3) is 10.8 Å². The number of aromatic nitrogens is 1. The van der Waals surface area contributed by atoms with E-state index in [0.29, 0.717) is 6.54 Å². The van der Waals surface area contributed by atoms with Crippen molar-refractivity contribution >= 4 is 10.8 Å². The molecule has 0 amide bonds. The van der Waals surface area contributed by atoms with Gasteiger partial charge >= 0.3 is 0 Å². The second-order valence-corrected chi connectivity index (χ2v) is 3.46. The zero-order valence-electron chi connectivity index (χ0n) is 8.07. The predicted molar refractivity (Wildman–Crippen MR) is 55.4 cm³/mol. The van der Waals surface area contributed by atoms with Gasteiger partial charge in [0.25, 0.3) is 0 Å². The Morgan fingerprint density at radius 1 is 1.36 bits per heavy atom. The van der Waals surface area contributed by atoms with Gasteiger partial charge in [-0.1, -0.05) is 11.6 Å². The summed E-state index contributed by atoms with van der Waals surface area (Å²) in [5, 5.41) is 20.4. The summed E-state index contributed by atoms with van der Waals surface area (Å²) in [5.41, 5.74) is 1.17. The molecule has 14 heavy (non-hydrogen) atoms. The normalized spacial score (nSPS) is 11.0. The van der Waals surface area contributed by atoms with E-state index < -0.39 is 0 Å². The van der Waals surface area contributed by atoms with Gasteiger partial charge in [0, 0.05) is 23.5 Å². The molecule has 3 heteroatoms. The van der Waals surface area contributed by atoms with Crippen LogP contribution >= 0.6 is 0 Å². The summed E-state index contributed by atoms with van der Waals surface area (Å²) in [7, 11) is 0. The van der Waals surface area contributed by atoms with Crippen molar-refractivity contribution in [1.29, 1.82) is 0 Å². The minimum absolute atomic E-state index is 0.0352. The summed E-state index contributed by atoms with van der Waals surface area (Å²) in [5.74, 6) is 0.231. The fraction of sp³-hybridized carbons (Fsp3) is 0.273. The Morgan fingerprint density at radius 2 is 2.14 bits per heavy atom. The Labute approximate surface area is 82.2 Å². The summed E-state index contributed by atoms with van der Waals surface area (Å²) < 4.78 is 1.66. The molecule has 1 heterocycles. The monoisotopic (exact) mass is 191 g/mol. The Balaban J connectivity index is 2.61. The van der Waals surface area contributed by atoms with Crippen molar-refractivity contribution in [2.24, 2.45) is 0 Å². The molecule has 0 fully saturated rings. The summed E-state index contributed by atoms with van der Waals surface area (Å²) >= 11 is 0.